The molecule has 0 fully saturated rings. The molecule has 1 rings (SSSR count). The molecule has 1 aliphatic rings. The monoisotopic (exact) mass is 166 g/mol. The van der Waals surface area contributed by atoms with Crippen molar-refractivity contribution in [3.63, 3.8) is 0 Å². The Balaban J connectivity index is 2.29. The van der Waals surface area contributed by atoms with Crippen LogP contribution in [0.15, 0.2) is 12.2 Å². The second-order valence-electron chi connectivity index (χ2n) is 3.97. The van der Waals surface area contributed by atoms with E-state index in [0.717, 1.165) is 5.92 Å². The van der Waals surface area contributed by atoms with Crippen molar-refractivity contribution in [2.45, 2.75) is 58.3 Å². The van der Waals surface area contributed by atoms with E-state index in [-0.39, 0.29) is 0 Å². The van der Waals surface area contributed by atoms with E-state index < -0.39 is 0 Å². The van der Waals surface area contributed by atoms with Crippen LogP contribution in [0.4, 0.5) is 0 Å². The first-order valence-electron chi connectivity index (χ1n) is 5.58. The highest BCUT2D eigenvalue weighted by Gasteiger charge is 2.04. The standard InChI is InChI=1S/C12H22/c1-2-12-10-8-6-4-3-5-7-9-11-12/h6,8,12H,2-5,7,9-11H2,1H3. The molecule has 1 atom stereocenters. The van der Waals surface area contributed by atoms with E-state index >= 15 is 0 Å². The van der Waals surface area contributed by atoms with Crippen molar-refractivity contribution >= 4 is 0 Å². The predicted molar refractivity (Wildman–Crippen MR) is 55.2 cm³/mol. The molecule has 0 bridgehead atoms. The quantitative estimate of drug-likeness (QED) is 0.509. The van der Waals surface area contributed by atoms with Crippen LogP contribution in [-0.2, 0) is 0 Å². The second kappa shape index (κ2) is 6.28. The molecule has 12 heavy (non-hydrogen) atoms. The Bertz CT molecular complexity index is 124. The summed E-state index contributed by atoms with van der Waals surface area (Å²) in [5, 5.41) is 0. The molecule has 0 spiro atoms. The lowest BCUT2D eigenvalue weighted by molar-refractivity contribution is 0.440. The van der Waals surface area contributed by atoms with Gasteiger partial charge in [0.05, 0.1) is 0 Å². The molecule has 0 aliphatic heterocycles. The molecular weight excluding hydrogens is 144 g/mol. The van der Waals surface area contributed by atoms with Crippen LogP contribution in [0, 0.1) is 5.92 Å². The molecule has 0 radical (unpaired) electrons. The zero-order chi connectivity index (χ0) is 8.65. The van der Waals surface area contributed by atoms with Crippen LogP contribution in [0.2, 0.25) is 0 Å². The Morgan fingerprint density at radius 3 is 2.75 bits per heavy atom. The lowest BCUT2D eigenvalue weighted by atomic mass is 9.93. The smallest absolute Gasteiger partial charge is 0.0322 e. The molecule has 0 saturated heterocycles. The van der Waals surface area contributed by atoms with E-state index in [1.54, 1.807) is 0 Å². The summed E-state index contributed by atoms with van der Waals surface area (Å²) in [6, 6.07) is 0. The lowest BCUT2D eigenvalue weighted by Crippen LogP contribution is -1.98. The van der Waals surface area contributed by atoms with Crippen molar-refractivity contribution < 1.29 is 0 Å². The maximum absolute atomic E-state index is 2.40. The van der Waals surface area contributed by atoms with Gasteiger partial charge in [0.25, 0.3) is 0 Å². The third-order valence-corrected chi connectivity index (χ3v) is 2.95. The molecule has 0 N–H and O–H groups in total. The van der Waals surface area contributed by atoms with Crippen LogP contribution in [0.3, 0.4) is 0 Å². The van der Waals surface area contributed by atoms with Crippen LogP contribution in [-0.4, -0.2) is 0 Å². The van der Waals surface area contributed by atoms with Gasteiger partial charge < -0.3 is 0 Å². The number of allylic oxidation sites excluding steroid dienone is 2. The van der Waals surface area contributed by atoms with Gasteiger partial charge in [-0.05, 0) is 25.2 Å². The lowest BCUT2D eigenvalue weighted by Gasteiger charge is -2.13. The van der Waals surface area contributed by atoms with Crippen LogP contribution in [0.1, 0.15) is 58.3 Å². The van der Waals surface area contributed by atoms with Gasteiger partial charge >= 0.3 is 0 Å². The predicted octanol–water partition coefficient (Wildman–Crippen LogP) is 4.31. The van der Waals surface area contributed by atoms with E-state index in [4.69, 9.17) is 0 Å². The highest BCUT2D eigenvalue weighted by atomic mass is 14.1. The number of hydrogen-bond acceptors (Lipinski definition) is 0. The highest BCUT2D eigenvalue weighted by Crippen LogP contribution is 2.20. The van der Waals surface area contributed by atoms with Gasteiger partial charge in [-0.25, -0.2) is 0 Å². The van der Waals surface area contributed by atoms with Crippen molar-refractivity contribution in [2.24, 2.45) is 5.92 Å². The fourth-order valence-electron chi connectivity index (χ4n) is 1.94. The molecule has 0 nitrogen and oxygen atoms in total. The van der Waals surface area contributed by atoms with Crippen molar-refractivity contribution in [2.75, 3.05) is 0 Å². The summed E-state index contributed by atoms with van der Waals surface area (Å²) >= 11 is 0. The Labute approximate surface area is 77.1 Å². The van der Waals surface area contributed by atoms with E-state index in [1.807, 2.05) is 0 Å². The van der Waals surface area contributed by atoms with Crippen molar-refractivity contribution in [3.8, 4) is 0 Å². The molecule has 0 aromatic heterocycles. The summed E-state index contributed by atoms with van der Waals surface area (Å²) in [4.78, 5) is 0. The number of hydrogen-bond donors (Lipinski definition) is 0. The topological polar surface area (TPSA) is 0 Å². The average molecular weight is 166 g/mol. The Hall–Kier alpha value is -0.260. The summed E-state index contributed by atoms with van der Waals surface area (Å²) in [5.74, 6) is 0.972. The third-order valence-electron chi connectivity index (χ3n) is 2.95. The van der Waals surface area contributed by atoms with Crippen molar-refractivity contribution in [1.29, 1.82) is 0 Å². The zero-order valence-electron chi connectivity index (χ0n) is 8.39. The minimum absolute atomic E-state index is 0.972. The van der Waals surface area contributed by atoms with Gasteiger partial charge in [-0.3, -0.25) is 0 Å². The Morgan fingerprint density at radius 1 is 1.08 bits per heavy atom. The molecule has 0 aromatic rings. The van der Waals surface area contributed by atoms with E-state index in [0.29, 0.717) is 0 Å². The van der Waals surface area contributed by atoms with Crippen LogP contribution < -0.4 is 0 Å². The number of rotatable bonds is 1. The molecule has 1 aliphatic carbocycles. The fraction of sp³-hybridized carbons (Fsp3) is 0.833. The Kier molecular flexibility index (Phi) is 5.14. The van der Waals surface area contributed by atoms with Crippen molar-refractivity contribution in [1.82, 2.24) is 0 Å². The van der Waals surface area contributed by atoms with Gasteiger partial charge in [0.1, 0.15) is 0 Å². The van der Waals surface area contributed by atoms with E-state index in [2.05, 4.69) is 19.1 Å². The summed E-state index contributed by atoms with van der Waals surface area (Å²) in [6.07, 6.45) is 16.0. The summed E-state index contributed by atoms with van der Waals surface area (Å²) in [5.41, 5.74) is 0. The van der Waals surface area contributed by atoms with Crippen LogP contribution in [0.25, 0.3) is 0 Å². The zero-order valence-corrected chi connectivity index (χ0v) is 8.39. The molecular formula is C12H22. The maximum atomic E-state index is 2.40. The first kappa shape index (κ1) is 9.83. The average Bonchev–Trinajstić information content (AvgIpc) is 2.14. The van der Waals surface area contributed by atoms with Gasteiger partial charge in [-0.1, -0.05) is 51.2 Å². The van der Waals surface area contributed by atoms with Gasteiger partial charge in [0.2, 0.25) is 0 Å². The fourth-order valence-corrected chi connectivity index (χ4v) is 1.94. The highest BCUT2D eigenvalue weighted by molar-refractivity contribution is 4.84. The van der Waals surface area contributed by atoms with Gasteiger partial charge in [0.15, 0.2) is 0 Å². The van der Waals surface area contributed by atoms with Gasteiger partial charge in [0, 0.05) is 0 Å². The Morgan fingerprint density at radius 2 is 1.92 bits per heavy atom. The molecule has 0 heteroatoms. The molecule has 0 aromatic carbocycles. The van der Waals surface area contributed by atoms with E-state index in [9.17, 15) is 0 Å². The normalized spacial score (nSPS) is 26.9. The van der Waals surface area contributed by atoms with Gasteiger partial charge in [-0.15, -0.1) is 0 Å². The second-order valence-corrected chi connectivity index (χ2v) is 3.97. The van der Waals surface area contributed by atoms with Gasteiger partial charge in [-0.2, -0.15) is 0 Å². The largest absolute Gasteiger partial charge is 0.0885 e. The molecule has 70 valence electrons. The molecule has 0 amide bonds. The summed E-state index contributed by atoms with van der Waals surface area (Å²) in [6.45, 7) is 2.32. The first-order valence-corrected chi connectivity index (χ1v) is 5.58. The molecule has 0 heterocycles. The minimum atomic E-state index is 0.972. The summed E-state index contributed by atoms with van der Waals surface area (Å²) in [7, 11) is 0. The molecule has 1 unspecified atom stereocenters. The maximum Gasteiger partial charge on any atom is -0.0322 e. The summed E-state index contributed by atoms with van der Waals surface area (Å²) < 4.78 is 0. The SMILES string of the molecule is CCC1CC=CCCCCCC1. The van der Waals surface area contributed by atoms with Crippen molar-refractivity contribution in [3.05, 3.63) is 12.2 Å². The van der Waals surface area contributed by atoms with Crippen LogP contribution >= 0.6 is 0 Å². The third kappa shape index (κ3) is 3.94. The van der Waals surface area contributed by atoms with E-state index in [1.165, 1.54) is 51.4 Å². The molecule has 0 saturated carbocycles. The first-order chi connectivity index (χ1) is 5.93. The van der Waals surface area contributed by atoms with Crippen LogP contribution in [0.5, 0.6) is 0 Å². The minimum Gasteiger partial charge on any atom is -0.0885 e.